The molecule has 2 amide bonds. The Bertz CT molecular complexity index is 820. The summed E-state index contributed by atoms with van der Waals surface area (Å²) in [6, 6.07) is 16.3. The summed E-state index contributed by atoms with van der Waals surface area (Å²) in [4.78, 5) is 24.2. The number of carbonyl (C=O) groups excluding carboxylic acids is 2. The van der Waals surface area contributed by atoms with Gasteiger partial charge in [0.05, 0.1) is 11.7 Å². The van der Waals surface area contributed by atoms with Gasteiger partial charge >= 0.3 is 0 Å². The average molecular weight is 368 g/mol. The van der Waals surface area contributed by atoms with E-state index in [1.807, 2.05) is 42.5 Å². The van der Waals surface area contributed by atoms with Crippen molar-refractivity contribution in [2.75, 3.05) is 11.1 Å². The zero-order valence-electron chi connectivity index (χ0n) is 14.0. The zero-order chi connectivity index (χ0) is 18.4. The highest BCUT2D eigenvalue weighted by atomic mass is 32.2. The number of carbonyl (C=O) groups is 2. The van der Waals surface area contributed by atoms with E-state index < -0.39 is 22.7 Å². The fraction of sp³-hybridized carbons (Fsp3) is 0.100. The van der Waals surface area contributed by atoms with E-state index in [4.69, 9.17) is 5.21 Å². The highest BCUT2D eigenvalue weighted by molar-refractivity contribution is 8.22. The van der Waals surface area contributed by atoms with Gasteiger partial charge in [-0.15, -0.1) is 0 Å². The van der Waals surface area contributed by atoms with Gasteiger partial charge in [0.2, 0.25) is 5.91 Å². The summed E-state index contributed by atoms with van der Waals surface area (Å²) < 4.78 is 0. The predicted octanol–water partition coefficient (Wildman–Crippen LogP) is 3.30. The van der Waals surface area contributed by atoms with Crippen molar-refractivity contribution >= 4 is 28.4 Å². The first-order valence-electron chi connectivity index (χ1n) is 8.17. The molecule has 2 aromatic carbocycles. The number of nitrogens with one attached hydrogen (secondary N) is 2. The van der Waals surface area contributed by atoms with Crippen LogP contribution in [0.25, 0.3) is 0 Å². The van der Waals surface area contributed by atoms with E-state index in [2.05, 4.69) is 16.1 Å². The van der Waals surface area contributed by atoms with Crippen LogP contribution in [0.1, 0.15) is 17.0 Å². The number of rotatable bonds is 6. The summed E-state index contributed by atoms with van der Waals surface area (Å²) in [6.45, 7) is 0. The topological polar surface area (TPSA) is 78.4 Å². The maximum atomic E-state index is 12.1. The van der Waals surface area contributed by atoms with Gasteiger partial charge in [0, 0.05) is 5.69 Å². The Labute approximate surface area is 154 Å². The molecule has 0 saturated heterocycles. The molecule has 1 aliphatic rings. The Kier molecular flexibility index (Phi) is 5.88. The van der Waals surface area contributed by atoms with E-state index in [1.54, 1.807) is 29.7 Å². The number of hydrogen-bond acceptors (Lipinski definition) is 3. The van der Waals surface area contributed by atoms with Crippen molar-refractivity contribution in [3.63, 3.8) is 0 Å². The highest BCUT2D eigenvalue weighted by Gasteiger charge is 2.22. The number of allylic oxidation sites excluding steroid dienone is 2. The third-order valence-electron chi connectivity index (χ3n) is 4.03. The van der Waals surface area contributed by atoms with Gasteiger partial charge in [0.1, 0.15) is 0 Å². The number of benzene rings is 2. The molecular weight excluding hydrogens is 348 g/mol. The minimum Gasteiger partial charge on any atom is -0.325 e. The molecule has 1 atom stereocenters. The Balaban J connectivity index is 1.72. The number of thiol groups is 1. The normalized spacial score (nSPS) is 14.9. The van der Waals surface area contributed by atoms with Crippen molar-refractivity contribution in [3.8, 4) is 0 Å². The third kappa shape index (κ3) is 4.41. The molecule has 1 unspecified atom stereocenters. The quantitative estimate of drug-likeness (QED) is 0.359. The van der Waals surface area contributed by atoms with Gasteiger partial charge in [0.15, 0.2) is 0 Å². The summed E-state index contributed by atoms with van der Waals surface area (Å²) in [5, 5.41) is 16.1. The van der Waals surface area contributed by atoms with Crippen LogP contribution >= 0.6 is 10.9 Å². The average Bonchev–Trinajstić information content (AvgIpc) is 3.17. The van der Waals surface area contributed by atoms with Crippen LogP contribution in [0.15, 0.2) is 77.6 Å². The summed E-state index contributed by atoms with van der Waals surface area (Å²) in [5.74, 6) is -0.699. The first-order valence-corrected chi connectivity index (χ1v) is 9.83. The van der Waals surface area contributed by atoms with Crippen molar-refractivity contribution in [2.24, 2.45) is 0 Å². The predicted molar refractivity (Wildman–Crippen MR) is 105 cm³/mol. The molecule has 3 rings (SSSR count). The van der Waals surface area contributed by atoms with Crippen LogP contribution in [-0.4, -0.2) is 22.8 Å². The Hall–Kier alpha value is -2.83. The second-order valence-electron chi connectivity index (χ2n) is 5.85. The lowest BCUT2D eigenvalue weighted by Gasteiger charge is -2.16. The minimum absolute atomic E-state index is 0.0345. The molecule has 2 aromatic rings. The third-order valence-corrected chi connectivity index (χ3v) is 5.79. The van der Waals surface area contributed by atoms with Crippen LogP contribution in [0.2, 0.25) is 0 Å². The van der Waals surface area contributed by atoms with Crippen molar-refractivity contribution in [1.29, 1.82) is 0 Å². The summed E-state index contributed by atoms with van der Waals surface area (Å²) in [5.41, 5.74) is 3.91. The summed E-state index contributed by atoms with van der Waals surface area (Å²) >= 11 is 0. The van der Waals surface area contributed by atoms with Gasteiger partial charge in [-0.1, -0.05) is 54.6 Å². The standard InChI is InChI=1S/C20H20N2O3S/c23-18(14-26-12-4-5-13-26)21-17-10-8-16(9-11-17)19(20(24)22-25)15-6-2-1-3-7-15/h1-13,19,25-26H,14H2,(H,21,23)(H,22,24). The van der Waals surface area contributed by atoms with Gasteiger partial charge in [-0.3, -0.25) is 14.8 Å². The number of anilines is 1. The smallest absolute Gasteiger partial charge is 0.255 e. The van der Waals surface area contributed by atoms with Crippen LogP contribution in [0.5, 0.6) is 0 Å². The summed E-state index contributed by atoms with van der Waals surface area (Å²) in [6.07, 6.45) is 3.92. The molecule has 0 saturated carbocycles. The van der Waals surface area contributed by atoms with Gasteiger partial charge in [-0.2, -0.15) is 0 Å². The van der Waals surface area contributed by atoms with Crippen LogP contribution in [-0.2, 0) is 9.59 Å². The van der Waals surface area contributed by atoms with E-state index in [0.29, 0.717) is 11.4 Å². The van der Waals surface area contributed by atoms with Crippen LogP contribution < -0.4 is 10.8 Å². The number of amides is 2. The zero-order valence-corrected chi connectivity index (χ0v) is 14.9. The molecular formula is C20H20N2O3S. The van der Waals surface area contributed by atoms with Crippen LogP contribution in [0.3, 0.4) is 0 Å². The number of hydrogen-bond donors (Lipinski definition) is 4. The van der Waals surface area contributed by atoms with Crippen LogP contribution in [0, 0.1) is 0 Å². The Morgan fingerprint density at radius 2 is 1.54 bits per heavy atom. The lowest BCUT2D eigenvalue weighted by molar-refractivity contribution is -0.129. The molecule has 1 heterocycles. The molecule has 1 aliphatic heterocycles. The molecule has 3 N–H and O–H groups in total. The van der Waals surface area contributed by atoms with Gasteiger partial charge in [-0.05, 0) is 34.1 Å². The van der Waals surface area contributed by atoms with Gasteiger partial charge < -0.3 is 5.32 Å². The molecule has 0 fully saturated rings. The maximum absolute atomic E-state index is 12.1. The number of hydroxylamine groups is 1. The molecule has 26 heavy (non-hydrogen) atoms. The minimum atomic E-state index is -0.622. The van der Waals surface area contributed by atoms with E-state index >= 15 is 0 Å². The fourth-order valence-electron chi connectivity index (χ4n) is 2.81. The molecule has 6 heteroatoms. The molecule has 0 aromatic heterocycles. The lowest BCUT2D eigenvalue weighted by atomic mass is 9.90. The molecule has 0 radical (unpaired) electrons. The van der Waals surface area contributed by atoms with Gasteiger partial charge in [-0.25, -0.2) is 16.4 Å². The van der Waals surface area contributed by atoms with E-state index in [9.17, 15) is 9.59 Å². The van der Waals surface area contributed by atoms with E-state index in [-0.39, 0.29) is 5.91 Å². The monoisotopic (exact) mass is 368 g/mol. The molecule has 0 spiro atoms. The maximum Gasteiger partial charge on any atom is 0.255 e. The SMILES string of the molecule is O=C(C[SH]1C=CC=C1)Nc1ccc(C(C(=O)NO)c2ccccc2)cc1. The van der Waals surface area contributed by atoms with Crippen molar-refractivity contribution < 1.29 is 14.8 Å². The van der Waals surface area contributed by atoms with Crippen molar-refractivity contribution in [1.82, 2.24) is 5.48 Å². The highest BCUT2D eigenvalue weighted by Crippen LogP contribution is 2.32. The first kappa shape index (κ1) is 18.0. The van der Waals surface area contributed by atoms with Crippen molar-refractivity contribution in [2.45, 2.75) is 5.92 Å². The lowest BCUT2D eigenvalue weighted by Crippen LogP contribution is -2.27. The van der Waals surface area contributed by atoms with Gasteiger partial charge in [0.25, 0.3) is 5.91 Å². The second kappa shape index (κ2) is 8.51. The van der Waals surface area contributed by atoms with Crippen molar-refractivity contribution in [3.05, 3.63) is 88.7 Å². The Morgan fingerprint density at radius 1 is 0.923 bits per heavy atom. The largest absolute Gasteiger partial charge is 0.325 e. The fourth-order valence-corrected chi connectivity index (χ4v) is 4.17. The van der Waals surface area contributed by atoms with E-state index in [0.717, 1.165) is 11.1 Å². The molecule has 0 bridgehead atoms. The summed E-state index contributed by atoms with van der Waals surface area (Å²) in [7, 11) is -0.492. The molecule has 5 nitrogen and oxygen atoms in total. The second-order valence-corrected chi connectivity index (χ2v) is 7.79. The van der Waals surface area contributed by atoms with Crippen LogP contribution in [0.4, 0.5) is 5.69 Å². The van der Waals surface area contributed by atoms with E-state index in [1.165, 1.54) is 0 Å². The molecule has 134 valence electrons. The first-order chi connectivity index (χ1) is 12.7. The Morgan fingerprint density at radius 3 is 2.15 bits per heavy atom. The molecule has 0 aliphatic carbocycles.